The van der Waals surface area contributed by atoms with E-state index in [2.05, 4.69) is 41.2 Å². The first kappa shape index (κ1) is 24.9. The summed E-state index contributed by atoms with van der Waals surface area (Å²) in [6.07, 6.45) is 0.886. The van der Waals surface area contributed by atoms with Gasteiger partial charge in [-0.2, -0.15) is 11.8 Å². The quantitative estimate of drug-likeness (QED) is 0.355. The van der Waals surface area contributed by atoms with E-state index in [1.807, 2.05) is 23.9 Å². The molecule has 1 saturated heterocycles. The number of nitrogens with one attached hydrogen (secondary N) is 1. The first-order chi connectivity index (χ1) is 12.8. The Hall–Kier alpha value is -1.16. The summed E-state index contributed by atoms with van der Waals surface area (Å²) in [6, 6.07) is 8.11. The van der Waals surface area contributed by atoms with E-state index in [9.17, 15) is 4.79 Å². The number of hydrogen-bond acceptors (Lipinski definition) is 4. The molecule has 0 aliphatic carbocycles. The molecule has 0 unspecified atom stereocenters. The number of nitrogens with zero attached hydrogens (tertiary/aromatic N) is 3. The van der Waals surface area contributed by atoms with Gasteiger partial charge in [0.05, 0.1) is 7.11 Å². The molecule has 6 nitrogen and oxygen atoms in total. The predicted octanol–water partition coefficient (Wildman–Crippen LogP) is 2.72. The van der Waals surface area contributed by atoms with Crippen LogP contribution in [0.25, 0.3) is 0 Å². The molecular weight excluding hydrogens is 487 g/mol. The number of benzene rings is 1. The number of amides is 1. The van der Waals surface area contributed by atoms with Crippen LogP contribution >= 0.6 is 35.7 Å². The zero-order valence-electron chi connectivity index (χ0n) is 17.5. The third kappa shape index (κ3) is 8.06. The molecule has 1 N–H and O–H groups in total. The van der Waals surface area contributed by atoms with E-state index < -0.39 is 0 Å². The maximum absolute atomic E-state index is 12.0. The van der Waals surface area contributed by atoms with Crippen LogP contribution in [0.1, 0.15) is 19.4 Å². The molecule has 0 bridgehead atoms. The molecule has 8 heteroatoms. The molecule has 0 spiro atoms. The van der Waals surface area contributed by atoms with Crippen molar-refractivity contribution in [2.45, 2.75) is 25.0 Å². The number of likely N-dealkylation sites (N-methyl/N-ethyl adjacent to an activating group) is 1. The monoisotopic (exact) mass is 520 g/mol. The molecule has 1 heterocycles. The van der Waals surface area contributed by atoms with Gasteiger partial charge in [-0.25, -0.2) is 4.99 Å². The Morgan fingerprint density at radius 3 is 2.57 bits per heavy atom. The minimum absolute atomic E-state index is 0. The maximum atomic E-state index is 12.0. The van der Waals surface area contributed by atoms with Gasteiger partial charge in [-0.3, -0.25) is 4.79 Å². The highest BCUT2D eigenvalue weighted by Gasteiger charge is 2.28. The molecule has 1 aliphatic rings. The Labute approximate surface area is 190 Å². The van der Waals surface area contributed by atoms with Gasteiger partial charge in [-0.1, -0.05) is 12.1 Å². The molecule has 1 amide bonds. The van der Waals surface area contributed by atoms with Crippen molar-refractivity contribution in [1.29, 1.82) is 0 Å². The largest absolute Gasteiger partial charge is 0.497 e. The number of ether oxygens (including phenoxy) is 1. The smallest absolute Gasteiger partial charge is 0.243 e. The number of aliphatic imine (C=N–C) groups is 1. The van der Waals surface area contributed by atoms with Crippen LogP contribution in [0, 0.1) is 0 Å². The lowest BCUT2D eigenvalue weighted by Gasteiger charge is -2.39. The Bertz CT molecular complexity index is 650. The van der Waals surface area contributed by atoms with Crippen molar-refractivity contribution >= 4 is 47.6 Å². The summed E-state index contributed by atoms with van der Waals surface area (Å²) in [4.78, 5) is 20.4. The summed E-state index contributed by atoms with van der Waals surface area (Å²) < 4.78 is 5.39. The summed E-state index contributed by atoms with van der Waals surface area (Å²) in [5.41, 5.74) is 1.24. The second-order valence-corrected chi connectivity index (χ2v) is 9.28. The van der Waals surface area contributed by atoms with Gasteiger partial charge in [0, 0.05) is 44.2 Å². The Morgan fingerprint density at radius 2 is 2.00 bits per heavy atom. The van der Waals surface area contributed by atoms with E-state index in [1.165, 1.54) is 5.56 Å². The Morgan fingerprint density at radius 1 is 1.32 bits per heavy atom. The van der Waals surface area contributed by atoms with Crippen molar-refractivity contribution in [3.05, 3.63) is 29.8 Å². The molecule has 1 aliphatic heterocycles. The minimum atomic E-state index is 0. The average Bonchev–Trinajstić information content (AvgIpc) is 2.63. The predicted molar refractivity (Wildman–Crippen MR) is 129 cm³/mol. The first-order valence-corrected chi connectivity index (χ1v) is 10.3. The van der Waals surface area contributed by atoms with Crippen LogP contribution in [0.5, 0.6) is 5.75 Å². The molecule has 1 aromatic rings. The number of carbonyl (C=O) groups excluding carboxylic acids is 1. The topological polar surface area (TPSA) is 57.2 Å². The minimum Gasteiger partial charge on any atom is -0.497 e. The van der Waals surface area contributed by atoms with Crippen LogP contribution in [0.15, 0.2) is 29.3 Å². The number of rotatable bonds is 6. The highest BCUT2D eigenvalue weighted by Crippen LogP contribution is 2.29. The van der Waals surface area contributed by atoms with Gasteiger partial charge in [0.2, 0.25) is 5.91 Å². The number of carbonyl (C=O) groups is 1. The van der Waals surface area contributed by atoms with E-state index in [4.69, 9.17) is 4.74 Å². The van der Waals surface area contributed by atoms with E-state index in [0.29, 0.717) is 0 Å². The fourth-order valence-corrected chi connectivity index (χ4v) is 3.97. The number of halogens is 1. The number of guanidine groups is 1. The van der Waals surface area contributed by atoms with Gasteiger partial charge < -0.3 is 19.9 Å². The summed E-state index contributed by atoms with van der Waals surface area (Å²) >= 11 is 1.98. The number of hydrogen-bond donors (Lipinski definition) is 1. The van der Waals surface area contributed by atoms with Crippen molar-refractivity contribution in [3.63, 3.8) is 0 Å². The fraction of sp³-hybridized carbons (Fsp3) is 0.600. The van der Waals surface area contributed by atoms with E-state index in [1.54, 1.807) is 26.1 Å². The lowest BCUT2D eigenvalue weighted by molar-refractivity contribution is -0.127. The maximum Gasteiger partial charge on any atom is 0.243 e. The molecule has 2 rings (SSSR count). The van der Waals surface area contributed by atoms with Gasteiger partial charge in [0.25, 0.3) is 0 Å². The molecule has 1 aromatic carbocycles. The van der Waals surface area contributed by atoms with Gasteiger partial charge in [-0.05, 0) is 38.0 Å². The van der Waals surface area contributed by atoms with Gasteiger partial charge in [-0.15, -0.1) is 24.0 Å². The van der Waals surface area contributed by atoms with Crippen LogP contribution < -0.4 is 10.1 Å². The van der Waals surface area contributed by atoms with Crippen LogP contribution in [0.3, 0.4) is 0 Å². The highest BCUT2D eigenvalue weighted by molar-refractivity contribution is 14.0. The lowest BCUT2D eigenvalue weighted by Crippen LogP contribution is -2.51. The van der Waals surface area contributed by atoms with Gasteiger partial charge in [0.1, 0.15) is 12.3 Å². The van der Waals surface area contributed by atoms with Crippen molar-refractivity contribution in [1.82, 2.24) is 15.1 Å². The van der Waals surface area contributed by atoms with E-state index in [0.717, 1.165) is 43.5 Å². The fourth-order valence-electron chi connectivity index (χ4n) is 2.86. The third-order valence-corrected chi connectivity index (χ3v) is 5.74. The standard InChI is InChI=1S/C20H32N4O2S.HI/c1-20(2)15-24(12-13-27-20)19(22-14-18(25)23(3)4)21-11-10-16-6-8-17(26-5)9-7-16;/h6-9H,10-15H2,1-5H3,(H,21,22);1H. The summed E-state index contributed by atoms with van der Waals surface area (Å²) in [7, 11) is 5.19. The summed E-state index contributed by atoms with van der Waals surface area (Å²) in [5, 5.41) is 3.46. The van der Waals surface area contributed by atoms with Gasteiger partial charge >= 0.3 is 0 Å². The van der Waals surface area contributed by atoms with Crippen molar-refractivity contribution < 1.29 is 9.53 Å². The van der Waals surface area contributed by atoms with Crippen LogP contribution in [0.2, 0.25) is 0 Å². The normalized spacial score (nSPS) is 16.2. The molecule has 1 fully saturated rings. The van der Waals surface area contributed by atoms with Crippen LogP contribution in [0.4, 0.5) is 0 Å². The van der Waals surface area contributed by atoms with Crippen molar-refractivity contribution in [2.75, 3.05) is 53.1 Å². The molecular formula is C20H33IN4O2S. The molecule has 0 atom stereocenters. The number of methoxy groups -OCH3 is 1. The SMILES string of the molecule is COc1ccc(CCNC(=NCC(=O)N(C)C)N2CCSC(C)(C)C2)cc1.I. The zero-order chi connectivity index (χ0) is 19.9. The lowest BCUT2D eigenvalue weighted by atomic mass is 10.1. The number of thioether (sulfide) groups is 1. The van der Waals surface area contributed by atoms with Crippen molar-refractivity contribution in [3.8, 4) is 5.75 Å². The molecule has 0 aromatic heterocycles. The molecule has 158 valence electrons. The van der Waals surface area contributed by atoms with E-state index in [-0.39, 0.29) is 41.2 Å². The Kier molecular flexibility index (Phi) is 10.4. The average molecular weight is 520 g/mol. The zero-order valence-corrected chi connectivity index (χ0v) is 20.7. The first-order valence-electron chi connectivity index (χ1n) is 9.31. The van der Waals surface area contributed by atoms with Crippen LogP contribution in [-0.2, 0) is 11.2 Å². The second kappa shape index (κ2) is 11.7. The summed E-state index contributed by atoms with van der Waals surface area (Å²) in [5.74, 6) is 2.76. The Balaban J connectivity index is 0.00000392. The van der Waals surface area contributed by atoms with Crippen molar-refractivity contribution in [2.24, 2.45) is 4.99 Å². The second-order valence-electron chi connectivity index (χ2n) is 7.48. The molecule has 28 heavy (non-hydrogen) atoms. The van der Waals surface area contributed by atoms with Gasteiger partial charge in [0.15, 0.2) is 5.96 Å². The summed E-state index contributed by atoms with van der Waals surface area (Å²) in [6.45, 7) is 7.31. The van der Waals surface area contributed by atoms with E-state index >= 15 is 0 Å². The molecule has 0 radical (unpaired) electrons. The van der Waals surface area contributed by atoms with Crippen LogP contribution in [-0.4, -0.2) is 79.6 Å². The highest BCUT2D eigenvalue weighted by atomic mass is 127. The third-order valence-electron chi connectivity index (χ3n) is 4.44. The molecule has 0 saturated carbocycles.